The molecule has 3 nitrogen and oxygen atoms in total. The molecule has 0 fully saturated rings. The van der Waals surface area contributed by atoms with Crippen molar-refractivity contribution in [3.05, 3.63) is 33.8 Å². The molecular weight excluding hydrogens is 257 g/mol. The maximum absolute atomic E-state index is 5.94. The molecule has 0 saturated heterocycles. The molecule has 92 valence electrons. The van der Waals surface area contributed by atoms with E-state index in [9.17, 15) is 0 Å². The molecule has 0 radical (unpaired) electrons. The van der Waals surface area contributed by atoms with Gasteiger partial charge >= 0.3 is 0 Å². The number of benzene rings is 1. The van der Waals surface area contributed by atoms with Crippen molar-refractivity contribution < 1.29 is 0 Å². The van der Waals surface area contributed by atoms with E-state index in [4.69, 9.17) is 23.2 Å². The topological polar surface area (TPSA) is 36.4 Å². The highest BCUT2D eigenvalue weighted by Crippen LogP contribution is 2.19. The SMILES string of the molecule is Clc1cc(Cl)cc(CCNC2=NCCCN2)c1. The normalized spacial score (nSPS) is 15.1. The minimum absolute atomic E-state index is 0.681. The second-order valence-corrected chi connectivity index (χ2v) is 4.84. The van der Waals surface area contributed by atoms with Crippen LogP contribution in [0.5, 0.6) is 0 Å². The van der Waals surface area contributed by atoms with E-state index in [0.717, 1.165) is 44.0 Å². The smallest absolute Gasteiger partial charge is 0.191 e. The Balaban J connectivity index is 1.83. The van der Waals surface area contributed by atoms with Crippen LogP contribution in [0.15, 0.2) is 23.2 Å². The van der Waals surface area contributed by atoms with E-state index < -0.39 is 0 Å². The molecule has 0 atom stereocenters. The Hall–Kier alpha value is -0.930. The van der Waals surface area contributed by atoms with E-state index in [1.165, 1.54) is 0 Å². The molecule has 0 unspecified atom stereocenters. The third-order valence-electron chi connectivity index (χ3n) is 2.53. The molecule has 0 aromatic heterocycles. The Morgan fingerprint density at radius 2 is 2.00 bits per heavy atom. The molecule has 2 rings (SSSR count). The molecule has 17 heavy (non-hydrogen) atoms. The number of aliphatic imine (C=N–C) groups is 1. The van der Waals surface area contributed by atoms with Gasteiger partial charge < -0.3 is 10.6 Å². The van der Waals surface area contributed by atoms with Gasteiger partial charge in [0.25, 0.3) is 0 Å². The maximum atomic E-state index is 5.94. The Morgan fingerprint density at radius 3 is 2.65 bits per heavy atom. The summed E-state index contributed by atoms with van der Waals surface area (Å²) >= 11 is 11.9. The Bertz CT molecular complexity index is 398. The van der Waals surface area contributed by atoms with Gasteiger partial charge in [-0.05, 0) is 36.6 Å². The van der Waals surface area contributed by atoms with Crippen LogP contribution in [0.25, 0.3) is 0 Å². The molecule has 0 bridgehead atoms. The van der Waals surface area contributed by atoms with Crippen molar-refractivity contribution in [1.29, 1.82) is 0 Å². The minimum Gasteiger partial charge on any atom is -0.356 e. The first-order valence-corrected chi connectivity index (χ1v) is 6.47. The third kappa shape index (κ3) is 4.10. The molecule has 0 amide bonds. The van der Waals surface area contributed by atoms with Crippen LogP contribution in [0, 0.1) is 0 Å². The van der Waals surface area contributed by atoms with Gasteiger partial charge in [-0.1, -0.05) is 23.2 Å². The van der Waals surface area contributed by atoms with Gasteiger partial charge in [-0.2, -0.15) is 0 Å². The number of hydrogen-bond donors (Lipinski definition) is 2. The van der Waals surface area contributed by atoms with Crippen LogP contribution in [-0.2, 0) is 6.42 Å². The second-order valence-electron chi connectivity index (χ2n) is 3.97. The van der Waals surface area contributed by atoms with Crippen molar-refractivity contribution in [3.63, 3.8) is 0 Å². The first-order chi connectivity index (χ1) is 8.24. The van der Waals surface area contributed by atoms with E-state index in [0.29, 0.717) is 10.0 Å². The van der Waals surface area contributed by atoms with Gasteiger partial charge in [0.2, 0.25) is 0 Å². The predicted octanol–water partition coefficient (Wildman–Crippen LogP) is 2.47. The number of nitrogens with zero attached hydrogens (tertiary/aromatic N) is 1. The number of hydrogen-bond acceptors (Lipinski definition) is 3. The highest BCUT2D eigenvalue weighted by atomic mass is 35.5. The number of nitrogens with one attached hydrogen (secondary N) is 2. The van der Waals surface area contributed by atoms with Gasteiger partial charge in [-0.25, -0.2) is 0 Å². The Labute approximate surface area is 111 Å². The van der Waals surface area contributed by atoms with Crippen LogP contribution in [-0.4, -0.2) is 25.6 Å². The first-order valence-electron chi connectivity index (χ1n) is 5.71. The van der Waals surface area contributed by atoms with Crippen LogP contribution >= 0.6 is 23.2 Å². The van der Waals surface area contributed by atoms with Gasteiger partial charge in [0, 0.05) is 29.7 Å². The van der Waals surface area contributed by atoms with E-state index >= 15 is 0 Å². The lowest BCUT2D eigenvalue weighted by atomic mass is 10.1. The lowest BCUT2D eigenvalue weighted by molar-refractivity contribution is 0.700. The van der Waals surface area contributed by atoms with E-state index in [1.807, 2.05) is 12.1 Å². The number of guanidine groups is 1. The highest BCUT2D eigenvalue weighted by Gasteiger charge is 2.03. The molecule has 0 aliphatic carbocycles. The zero-order valence-corrected chi connectivity index (χ0v) is 11.0. The van der Waals surface area contributed by atoms with Crippen molar-refractivity contribution in [2.24, 2.45) is 4.99 Å². The molecule has 0 spiro atoms. The van der Waals surface area contributed by atoms with Gasteiger partial charge in [0.15, 0.2) is 5.96 Å². The Kier molecular flexibility index (Phi) is 4.51. The molecule has 1 aliphatic rings. The first kappa shape index (κ1) is 12.5. The molecule has 2 N–H and O–H groups in total. The maximum Gasteiger partial charge on any atom is 0.191 e. The fourth-order valence-electron chi connectivity index (χ4n) is 1.73. The zero-order chi connectivity index (χ0) is 12.1. The summed E-state index contributed by atoms with van der Waals surface area (Å²) in [6.07, 6.45) is 1.98. The quantitative estimate of drug-likeness (QED) is 0.886. The second kappa shape index (κ2) is 6.12. The van der Waals surface area contributed by atoms with E-state index in [1.54, 1.807) is 6.07 Å². The molecular formula is C12H15Cl2N3. The lowest BCUT2D eigenvalue weighted by Crippen LogP contribution is -2.41. The summed E-state index contributed by atoms with van der Waals surface area (Å²) in [4.78, 5) is 4.34. The molecule has 1 aromatic rings. The van der Waals surface area contributed by atoms with Crippen LogP contribution in [0.3, 0.4) is 0 Å². The summed E-state index contributed by atoms with van der Waals surface area (Å²) in [6.45, 7) is 2.72. The molecule has 1 aliphatic heterocycles. The van der Waals surface area contributed by atoms with Gasteiger partial charge in [0.05, 0.1) is 0 Å². The highest BCUT2D eigenvalue weighted by molar-refractivity contribution is 6.34. The minimum atomic E-state index is 0.681. The predicted molar refractivity (Wildman–Crippen MR) is 73.1 cm³/mol. The molecule has 5 heteroatoms. The van der Waals surface area contributed by atoms with Crippen molar-refractivity contribution in [2.45, 2.75) is 12.8 Å². The summed E-state index contributed by atoms with van der Waals surface area (Å²) in [7, 11) is 0. The summed E-state index contributed by atoms with van der Waals surface area (Å²) in [6, 6.07) is 5.61. The third-order valence-corrected chi connectivity index (χ3v) is 2.96. The lowest BCUT2D eigenvalue weighted by Gasteiger charge is -2.15. The summed E-state index contributed by atoms with van der Waals surface area (Å²) in [5.74, 6) is 0.893. The van der Waals surface area contributed by atoms with E-state index in [-0.39, 0.29) is 0 Å². The van der Waals surface area contributed by atoms with Crippen molar-refractivity contribution in [1.82, 2.24) is 10.6 Å². The average Bonchev–Trinajstić information content (AvgIpc) is 2.29. The fraction of sp³-hybridized carbons (Fsp3) is 0.417. The molecule has 0 saturated carbocycles. The summed E-state index contributed by atoms with van der Waals surface area (Å²) in [5.41, 5.74) is 1.13. The van der Waals surface area contributed by atoms with Crippen LogP contribution in [0.1, 0.15) is 12.0 Å². The van der Waals surface area contributed by atoms with Gasteiger partial charge in [0.1, 0.15) is 0 Å². The van der Waals surface area contributed by atoms with Crippen molar-refractivity contribution in [3.8, 4) is 0 Å². The van der Waals surface area contributed by atoms with Crippen LogP contribution < -0.4 is 10.6 Å². The largest absolute Gasteiger partial charge is 0.356 e. The fourth-order valence-corrected chi connectivity index (χ4v) is 2.30. The van der Waals surface area contributed by atoms with E-state index in [2.05, 4.69) is 15.6 Å². The van der Waals surface area contributed by atoms with Gasteiger partial charge in [-0.3, -0.25) is 4.99 Å². The monoisotopic (exact) mass is 271 g/mol. The number of rotatable bonds is 3. The average molecular weight is 272 g/mol. The molecule has 1 aromatic carbocycles. The molecule has 1 heterocycles. The summed E-state index contributed by atoms with van der Waals surface area (Å²) in [5, 5.41) is 7.84. The summed E-state index contributed by atoms with van der Waals surface area (Å²) < 4.78 is 0. The zero-order valence-electron chi connectivity index (χ0n) is 9.47. The van der Waals surface area contributed by atoms with Crippen molar-refractivity contribution in [2.75, 3.05) is 19.6 Å². The van der Waals surface area contributed by atoms with Gasteiger partial charge in [-0.15, -0.1) is 0 Å². The van der Waals surface area contributed by atoms with Crippen LogP contribution in [0.4, 0.5) is 0 Å². The standard InChI is InChI=1S/C12H15Cl2N3/c13-10-6-9(7-11(14)8-10)2-5-17-12-15-3-1-4-16-12/h6-8H,1-5H2,(H2,15,16,17). The Morgan fingerprint density at radius 1 is 1.24 bits per heavy atom. The van der Waals surface area contributed by atoms with Crippen molar-refractivity contribution >= 4 is 29.2 Å². The van der Waals surface area contributed by atoms with Crippen LogP contribution in [0.2, 0.25) is 10.0 Å². The number of halogens is 2.